The molecule has 0 saturated heterocycles. The minimum atomic E-state index is -3.40. The maximum atomic E-state index is 13.2. The molecule has 5 nitrogen and oxygen atoms in total. The Bertz CT molecular complexity index is 1020. The number of carbonyl (C=O) groups is 1. The summed E-state index contributed by atoms with van der Waals surface area (Å²) in [5, 5.41) is 1.99. The van der Waals surface area contributed by atoms with Crippen LogP contribution in [0.15, 0.2) is 72.1 Å². The fraction of sp³-hybridized carbons (Fsp3) is 0.190. The van der Waals surface area contributed by atoms with E-state index in [0.717, 1.165) is 17.6 Å². The number of anilines is 1. The Hall–Kier alpha value is -2.64. The van der Waals surface area contributed by atoms with Crippen LogP contribution in [0, 0.1) is 0 Å². The van der Waals surface area contributed by atoms with E-state index in [1.54, 1.807) is 40.5 Å². The van der Waals surface area contributed by atoms with Crippen molar-refractivity contribution in [1.29, 1.82) is 0 Å². The Kier molecular flexibility index (Phi) is 6.49. The Labute approximate surface area is 169 Å². The number of rotatable bonds is 8. The fourth-order valence-electron chi connectivity index (χ4n) is 2.86. The lowest BCUT2D eigenvalue weighted by Gasteiger charge is -2.23. The van der Waals surface area contributed by atoms with Crippen molar-refractivity contribution < 1.29 is 13.2 Å². The van der Waals surface area contributed by atoms with Gasteiger partial charge in [-0.05, 0) is 41.6 Å². The first-order valence-corrected chi connectivity index (χ1v) is 11.6. The standard InChI is InChI=1S/C21H22N2O3S2/c1-28(25,26)22-19-10-5-9-18(15-19)21(24)23(16-20-11-6-14-27-20)13-12-17-7-3-2-4-8-17/h2-11,14-15,22H,12-13,16H2,1H3. The summed E-state index contributed by atoms with van der Waals surface area (Å²) in [7, 11) is -3.40. The number of amides is 1. The van der Waals surface area contributed by atoms with Gasteiger partial charge in [-0.25, -0.2) is 8.42 Å². The molecule has 0 aliphatic rings. The summed E-state index contributed by atoms with van der Waals surface area (Å²) in [6.07, 6.45) is 1.84. The van der Waals surface area contributed by atoms with Gasteiger partial charge in [-0.3, -0.25) is 9.52 Å². The van der Waals surface area contributed by atoms with Crippen molar-refractivity contribution in [3.8, 4) is 0 Å². The van der Waals surface area contributed by atoms with Crippen molar-refractivity contribution in [2.24, 2.45) is 0 Å². The van der Waals surface area contributed by atoms with Gasteiger partial charge in [0.25, 0.3) is 5.91 Å². The van der Waals surface area contributed by atoms with Gasteiger partial charge >= 0.3 is 0 Å². The van der Waals surface area contributed by atoms with Crippen LogP contribution in [-0.4, -0.2) is 32.0 Å². The van der Waals surface area contributed by atoms with Gasteiger partial charge in [0.15, 0.2) is 0 Å². The summed E-state index contributed by atoms with van der Waals surface area (Å²) < 4.78 is 25.4. The Morgan fingerprint density at radius 1 is 1.04 bits per heavy atom. The molecule has 0 radical (unpaired) electrons. The lowest BCUT2D eigenvalue weighted by atomic mass is 10.1. The number of thiophene rings is 1. The molecule has 0 aliphatic heterocycles. The van der Waals surface area contributed by atoms with Crippen LogP contribution in [-0.2, 0) is 23.0 Å². The first-order chi connectivity index (χ1) is 13.4. The molecule has 0 fully saturated rings. The molecule has 0 aliphatic carbocycles. The molecule has 0 spiro atoms. The SMILES string of the molecule is CS(=O)(=O)Nc1cccc(C(=O)N(CCc2ccccc2)Cc2cccs2)c1. The second-order valence-electron chi connectivity index (χ2n) is 6.50. The van der Waals surface area contributed by atoms with Crippen molar-refractivity contribution in [3.05, 3.63) is 88.1 Å². The summed E-state index contributed by atoms with van der Waals surface area (Å²) in [6.45, 7) is 1.09. The lowest BCUT2D eigenvalue weighted by Crippen LogP contribution is -2.32. The molecule has 0 bridgehead atoms. The van der Waals surface area contributed by atoms with E-state index in [9.17, 15) is 13.2 Å². The molecule has 1 heterocycles. The van der Waals surface area contributed by atoms with Crippen LogP contribution in [0.2, 0.25) is 0 Å². The zero-order valence-corrected chi connectivity index (χ0v) is 17.2. The monoisotopic (exact) mass is 414 g/mol. The number of nitrogens with one attached hydrogen (secondary N) is 1. The van der Waals surface area contributed by atoms with Crippen LogP contribution in [0.1, 0.15) is 20.8 Å². The van der Waals surface area contributed by atoms with Crippen molar-refractivity contribution in [3.63, 3.8) is 0 Å². The molecule has 0 atom stereocenters. The molecule has 3 aromatic rings. The van der Waals surface area contributed by atoms with Crippen LogP contribution in [0.4, 0.5) is 5.69 Å². The molecular formula is C21H22N2O3S2. The van der Waals surface area contributed by atoms with Gasteiger partial charge in [0.1, 0.15) is 0 Å². The second kappa shape index (κ2) is 9.03. The number of benzene rings is 2. The van der Waals surface area contributed by atoms with Gasteiger partial charge in [-0.15, -0.1) is 11.3 Å². The summed E-state index contributed by atoms with van der Waals surface area (Å²) >= 11 is 1.61. The largest absolute Gasteiger partial charge is 0.333 e. The number of carbonyl (C=O) groups excluding carboxylic acids is 1. The van der Waals surface area contributed by atoms with Crippen LogP contribution in [0.25, 0.3) is 0 Å². The van der Waals surface area contributed by atoms with Gasteiger partial charge in [0.2, 0.25) is 10.0 Å². The van der Waals surface area contributed by atoms with E-state index in [2.05, 4.69) is 4.72 Å². The Morgan fingerprint density at radius 3 is 2.50 bits per heavy atom. The highest BCUT2D eigenvalue weighted by atomic mass is 32.2. The summed E-state index contributed by atoms with van der Waals surface area (Å²) in [5.41, 5.74) is 2.00. The average Bonchev–Trinajstić information content (AvgIpc) is 3.17. The molecule has 1 amide bonds. The first-order valence-electron chi connectivity index (χ1n) is 8.84. The van der Waals surface area contributed by atoms with Gasteiger partial charge in [-0.1, -0.05) is 42.5 Å². The smallest absolute Gasteiger partial charge is 0.254 e. The zero-order chi connectivity index (χ0) is 20.0. The third-order valence-corrected chi connectivity index (χ3v) is 5.61. The molecule has 2 aromatic carbocycles. The van der Waals surface area contributed by atoms with E-state index < -0.39 is 10.0 Å². The second-order valence-corrected chi connectivity index (χ2v) is 9.28. The molecule has 3 rings (SSSR count). The number of hydrogen-bond donors (Lipinski definition) is 1. The highest BCUT2D eigenvalue weighted by Crippen LogP contribution is 2.18. The zero-order valence-electron chi connectivity index (χ0n) is 15.5. The Morgan fingerprint density at radius 2 is 1.82 bits per heavy atom. The van der Waals surface area contributed by atoms with Crippen LogP contribution in [0.3, 0.4) is 0 Å². The summed E-state index contributed by atoms with van der Waals surface area (Å²) in [6, 6.07) is 20.6. The third kappa shape index (κ3) is 5.94. The van der Waals surface area contributed by atoms with Crippen LogP contribution in [0.5, 0.6) is 0 Å². The summed E-state index contributed by atoms with van der Waals surface area (Å²) in [4.78, 5) is 16.1. The maximum Gasteiger partial charge on any atom is 0.254 e. The average molecular weight is 415 g/mol. The summed E-state index contributed by atoms with van der Waals surface area (Å²) in [5.74, 6) is -0.124. The highest BCUT2D eigenvalue weighted by molar-refractivity contribution is 7.92. The van der Waals surface area contributed by atoms with Gasteiger partial charge in [0.05, 0.1) is 12.8 Å². The molecular weight excluding hydrogens is 392 g/mol. The van der Waals surface area contributed by atoms with E-state index >= 15 is 0 Å². The van der Waals surface area contributed by atoms with E-state index in [0.29, 0.717) is 24.3 Å². The molecule has 1 aromatic heterocycles. The van der Waals surface area contributed by atoms with Crippen LogP contribution >= 0.6 is 11.3 Å². The highest BCUT2D eigenvalue weighted by Gasteiger charge is 2.17. The minimum absolute atomic E-state index is 0.124. The van der Waals surface area contributed by atoms with E-state index in [1.165, 1.54) is 5.56 Å². The molecule has 146 valence electrons. The molecule has 1 N–H and O–H groups in total. The topological polar surface area (TPSA) is 66.5 Å². The van der Waals surface area contributed by atoms with E-state index in [1.807, 2.05) is 47.8 Å². The Balaban J connectivity index is 1.80. The van der Waals surface area contributed by atoms with E-state index in [-0.39, 0.29) is 5.91 Å². The van der Waals surface area contributed by atoms with Crippen molar-refractivity contribution in [1.82, 2.24) is 4.90 Å². The predicted molar refractivity (Wildman–Crippen MR) is 114 cm³/mol. The van der Waals surface area contributed by atoms with Gasteiger partial charge in [-0.2, -0.15) is 0 Å². The van der Waals surface area contributed by atoms with Crippen molar-refractivity contribution in [2.45, 2.75) is 13.0 Å². The van der Waals surface area contributed by atoms with Gasteiger partial charge in [0, 0.05) is 22.7 Å². The predicted octanol–water partition coefficient (Wildman–Crippen LogP) is 4.00. The van der Waals surface area contributed by atoms with Crippen molar-refractivity contribution in [2.75, 3.05) is 17.5 Å². The minimum Gasteiger partial charge on any atom is -0.333 e. The molecule has 0 unspecified atom stereocenters. The maximum absolute atomic E-state index is 13.2. The lowest BCUT2D eigenvalue weighted by molar-refractivity contribution is 0.0747. The van der Waals surface area contributed by atoms with Crippen molar-refractivity contribution >= 4 is 33.0 Å². The number of sulfonamides is 1. The normalized spacial score (nSPS) is 11.2. The van der Waals surface area contributed by atoms with Crippen LogP contribution < -0.4 is 4.72 Å². The number of hydrogen-bond acceptors (Lipinski definition) is 4. The fourth-order valence-corrected chi connectivity index (χ4v) is 4.14. The first kappa shape index (κ1) is 20.1. The third-order valence-electron chi connectivity index (χ3n) is 4.14. The number of nitrogens with zero attached hydrogens (tertiary/aromatic N) is 1. The van der Waals surface area contributed by atoms with E-state index in [4.69, 9.17) is 0 Å². The molecule has 7 heteroatoms. The molecule has 0 saturated carbocycles. The van der Waals surface area contributed by atoms with Gasteiger partial charge < -0.3 is 4.90 Å². The molecule has 28 heavy (non-hydrogen) atoms. The quantitative estimate of drug-likeness (QED) is 0.606.